The quantitative estimate of drug-likeness (QED) is 0.447. The van der Waals surface area contributed by atoms with Crippen molar-refractivity contribution in [2.24, 2.45) is 0 Å². The molecule has 0 fully saturated rings. The average molecular weight is 280 g/mol. The maximum atomic E-state index is 11.5. The van der Waals surface area contributed by atoms with Crippen molar-refractivity contribution in [3.63, 3.8) is 0 Å². The number of hydrogen-bond acceptors (Lipinski definition) is 4. The molecule has 18 heavy (non-hydrogen) atoms. The topological polar surface area (TPSA) is 52.6 Å². The third-order valence-electron chi connectivity index (χ3n) is 1.11. The van der Waals surface area contributed by atoms with Gasteiger partial charge in [-0.15, -0.1) is 0 Å². The highest BCUT2D eigenvalue weighted by Gasteiger charge is 2.30. The Hall–Kier alpha value is -1.74. The lowest BCUT2D eigenvalue weighted by molar-refractivity contribution is -0.183. The molecule has 0 aliphatic carbocycles. The molecule has 0 N–H and O–H groups in total. The van der Waals surface area contributed by atoms with Gasteiger partial charge in [-0.1, -0.05) is 0 Å². The summed E-state index contributed by atoms with van der Waals surface area (Å²) in [7, 11) is 0. The van der Waals surface area contributed by atoms with Crippen molar-refractivity contribution in [1.29, 1.82) is 0 Å². The van der Waals surface area contributed by atoms with Crippen molar-refractivity contribution in [3.8, 4) is 0 Å². The molecule has 10 heteroatoms. The zero-order valence-corrected chi connectivity index (χ0v) is 8.47. The molecule has 0 aromatic rings. The van der Waals surface area contributed by atoms with Crippen molar-refractivity contribution in [2.45, 2.75) is 12.4 Å². The van der Waals surface area contributed by atoms with Gasteiger partial charge in [0, 0.05) is 12.2 Å². The fourth-order valence-corrected chi connectivity index (χ4v) is 0.538. The molecule has 0 saturated heterocycles. The van der Waals surface area contributed by atoms with Gasteiger partial charge in [0.1, 0.15) is 0 Å². The van der Waals surface area contributed by atoms with E-state index in [-0.39, 0.29) is 12.2 Å². The van der Waals surface area contributed by atoms with E-state index in [4.69, 9.17) is 0 Å². The minimum atomic E-state index is -4.74. The van der Waals surface area contributed by atoms with Crippen LogP contribution in [-0.4, -0.2) is 37.5 Å². The highest BCUT2D eigenvalue weighted by atomic mass is 19.4. The van der Waals surface area contributed by atoms with Crippen molar-refractivity contribution in [2.75, 3.05) is 13.2 Å². The first-order valence-electron chi connectivity index (χ1n) is 4.15. The Balaban J connectivity index is 4.00. The molecule has 0 aliphatic heterocycles. The lowest BCUT2D eigenvalue weighted by atomic mass is 10.5. The van der Waals surface area contributed by atoms with E-state index in [1.807, 2.05) is 0 Å². The van der Waals surface area contributed by atoms with Crippen molar-refractivity contribution in [3.05, 3.63) is 12.2 Å². The number of carbonyl (C=O) groups is 2. The van der Waals surface area contributed by atoms with Crippen LogP contribution < -0.4 is 0 Å². The number of ether oxygens (including phenoxy) is 2. The van der Waals surface area contributed by atoms with E-state index >= 15 is 0 Å². The molecule has 0 bridgehead atoms. The summed E-state index contributed by atoms with van der Waals surface area (Å²) >= 11 is 0. The van der Waals surface area contributed by atoms with Gasteiger partial charge in [-0.2, -0.15) is 26.3 Å². The number of halogens is 6. The number of carbonyl (C=O) groups excluding carboxylic acids is 2. The molecule has 0 amide bonds. The van der Waals surface area contributed by atoms with Crippen molar-refractivity contribution in [1.82, 2.24) is 0 Å². The first kappa shape index (κ1) is 16.3. The highest BCUT2D eigenvalue weighted by molar-refractivity contribution is 5.91. The fraction of sp³-hybridized carbons (Fsp3) is 0.500. The molecular formula is C8H6F6O4. The van der Waals surface area contributed by atoms with Crippen LogP contribution in [0, 0.1) is 0 Å². The van der Waals surface area contributed by atoms with Crippen LogP contribution in [0.2, 0.25) is 0 Å². The number of hydrogen-bond donors (Lipinski definition) is 0. The smallest absolute Gasteiger partial charge is 0.422 e. The summed E-state index contributed by atoms with van der Waals surface area (Å²) in [5, 5.41) is 0. The first-order chi connectivity index (χ1) is 7.99. The number of alkyl halides is 6. The second-order valence-electron chi connectivity index (χ2n) is 2.78. The zero-order chi connectivity index (χ0) is 14.4. The fourth-order valence-electron chi connectivity index (χ4n) is 0.538. The molecule has 0 heterocycles. The number of esters is 2. The Morgan fingerprint density at radius 3 is 1.28 bits per heavy atom. The SMILES string of the molecule is O=C(/C=C\C(=O)OCC(F)(F)F)OCC(F)(F)F. The Morgan fingerprint density at radius 2 is 1.06 bits per heavy atom. The summed E-state index contributed by atoms with van der Waals surface area (Å²) in [4.78, 5) is 21.1. The maximum Gasteiger partial charge on any atom is 0.422 e. The zero-order valence-electron chi connectivity index (χ0n) is 8.47. The van der Waals surface area contributed by atoms with E-state index in [9.17, 15) is 35.9 Å². The maximum absolute atomic E-state index is 11.5. The molecule has 0 aromatic heterocycles. The second-order valence-corrected chi connectivity index (χ2v) is 2.78. The van der Waals surface area contributed by atoms with E-state index in [1.54, 1.807) is 0 Å². The van der Waals surface area contributed by atoms with E-state index in [2.05, 4.69) is 9.47 Å². The summed E-state index contributed by atoms with van der Waals surface area (Å²) in [6.45, 7) is -3.73. The van der Waals surface area contributed by atoms with E-state index < -0.39 is 37.5 Å². The Bertz CT molecular complexity index is 297. The molecule has 0 aromatic carbocycles. The van der Waals surface area contributed by atoms with Crippen LogP contribution in [0.5, 0.6) is 0 Å². The largest absolute Gasteiger partial charge is 0.453 e. The molecule has 0 saturated carbocycles. The van der Waals surface area contributed by atoms with Crippen molar-refractivity contribution >= 4 is 11.9 Å². The highest BCUT2D eigenvalue weighted by Crippen LogP contribution is 2.15. The van der Waals surface area contributed by atoms with E-state index in [0.717, 1.165) is 0 Å². The molecule has 0 radical (unpaired) electrons. The van der Waals surface area contributed by atoms with Gasteiger partial charge in [0.25, 0.3) is 0 Å². The van der Waals surface area contributed by atoms with Crippen LogP contribution in [-0.2, 0) is 19.1 Å². The standard InChI is InChI=1S/C8H6F6O4/c9-7(10,11)3-17-5(15)1-2-6(16)18-4-8(12,13)14/h1-2H,3-4H2/b2-1-. The van der Waals surface area contributed by atoms with E-state index in [1.165, 1.54) is 0 Å². The van der Waals surface area contributed by atoms with Gasteiger partial charge in [0.2, 0.25) is 0 Å². The van der Waals surface area contributed by atoms with Crippen LogP contribution in [0.3, 0.4) is 0 Å². The molecule has 0 spiro atoms. The van der Waals surface area contributed by atoms with Crippen LogP contribution in [0.1, 0.15) is 0 Å². The molecular weight excluding hydrogens is 274 g/mol. The van der Waals surface area contributed by atoms with Crippen LogP contribution in [0.15, 0.2) is 12.2 Å². The van der Waals surface area contributed by atoms with Gasteiger partial charge in [-0.25, -0.2) is 9.59 Å². The average Bonchev–Trinajstić information content (AvgIpc) is 2.18. The lowest BCUT2D eigenvalue weighted by Gasteiger charge is -2.06. The van der Waals surface area contributed by atoms with E-state index in [0.29, 0.717) is 0 Å². The Morgan fingerprint density at radius 1 is 0.778 bits per heavy atom. The number of rotatable bonds is 4. The Labute approximate surface area is 96.1 Å². The van der Waals surface area contributed by atoms with Gasteiger partial charge in [-0.3, -0.25) is 0 Å². The molecule has 104 valence electrons. The first-order valence-corrected chi connectivity index (χ1v) is 4.15. The third-order valence-corrected chi connectivity index (χ3v) is 1.11. The summed E-state index contributed by atoms with van der Waals surface area (Å²) < 4.78 is 76.5. The minimum Gasteiger partial charge on any atom is -0.453 e. The van der Waals surface area contributed by atoms with Gasteiger partial charge >= 0.3 is 24.3 Å². The normalized spacial score (nSPS) is 12.6. The van der Waals surface area contributed by atoms with Gasteiger partial charge < -0.3 is 9.47 Å². The summed E-state index contributed by atoms with van der Waals surface area (Å²) in [5.74, 6) is -3.06. The molecule has 0 rings (SSSR count). The summed E-state index contributed by atoms with van der Waals surface area (Å²) in [6, 6.07) is 0. The van der Waals surface area contributed by atoms with Gasteiger partial charge in [0.15, 0.2) is 13.2 Å². The molecule has 4 nitrogen and oxygen atoms in total. The lowest BCUT2D eigenvalue weighted by Crippen LogP contribution is -2.20. The summed E-state index contributed by atoms with van der Waals surface area (Å²) in [5.41, 5.74) is 0. The second kappa shape index (κ2) is 6.26. The van der Waals surface area contributed by atoms with Crippen molar-refractivity contribution < 1.29 is 45.4 Å². The van der Waals surface area contributed by atoms with Gasteiger partial charge in [-0.05, 0) is 0 Å². The monoisotopic (exact) mass is 280 g/mol. The summed E-state index contributed by atoms with van der Waals surface area (Å²) in [6.07, 6.45) is -9.02. The Kier molecular flexibility index (Phi) is 5.66. The molecule has 0 atom stereocenters. The van der Waals surface area contributed by atoms with Crippen LogP contribution >= 0.6 is 0 Å². The molecule has 0 unspecified atom stereocenters. The molecule has 0 aliphatic rings. The van der Waals surface area contributed by atoms with Crippen LogP contribution in [0.4, 0.5) is 26.3 Å². The van der Waals surface area contributed by atoms with Gasteiger partial charge in [0.05, 0.1) is 0 Å². The van der Waals surface area contributed by atoms with Crippen LogP contribution in [0.25, 0.3) is 0 Å². The predicted molar refractivity (Wildman–Crippen MR) is 43.2 cm³/mol. The predicted octanol–water partition coefficient (Wildman–Crippen LogP) is 1.75. The minimum absolute atomic E-state index is 0.227. The third kappa shape index (κ3) is 10.8.